The summed E-state index contributed by atoms with van der Waals surface area (Å²) in [4.78, 5) is 14.7. The molecule has 1 amide bonds. The Morgan fingerprint density at radius 1 is 1.12 bits per heavy atom. The van der Waals surface area contributed by atoms with Crippen LogP contribution in [-0.2, 0) is 15.3 Å². The lowest BCUT2D eigenvalue weighted by molar-refractivity contribution is -0.121. The van der Waals surface area contributed by atoms with Gasteiger partial charge in [-0.05, 0) is 24.3 Å². The van der Waals surface area contributed by atoms with Crippen LogP contribution in [0.4, 0.5) is 5.69 Å². The molecule has 0 aliphatic carbocycles. The fourth-order valence-electron chi connectivity index (χ4n) is 3.43. The number of amides is 1. The van der Waals surface area contributed by atoms with Crippen molar-refractivity contribution < 1.29 is 9.53 Å². The third-order valence-electron chi connectivity index (χ3n) is 4.44. The van der Waals surface area contributed by atoms with Gasteiger partial charge in [0.15, 0.2) is 5.72 Å². The monoisotopic (exact) mass is 474 g/mol. The molecule has 0 radical (unpaired) electrons. The summed E-state index contributed by atoms with van der Waals surface area (Å²) in [5.74, 6) is -0.00130. The van der Waals surface area contributed by atoms with Crippen LogP contribution in [0.3, 0.4) is 0 Å². The van der Waals surface area contributed by atoms with Crippen molar-refractivity contribution in [2.75, 3.05) is 22.8 Å². The van der Waals surface area contributed by atoms with Crippen LogP contribution in [0.15, 0.2) is 42.5 Å². The highest BCUT2D eigenvalue weighted by Crippen LogP contribution is 2.49. The number of hydrogen-bond acceptors (Lipinski definition) is 3. The van der Waals surface area contributed by atoms with Crippen molar-refractivity contribution in [1.29, 1.82) is 0 Å². The third-order valence-corrected chi connectivity index (χ3v) is 6.06. The zero-order chi connectivity index (χ0) is 16.9. The summed E-state index contributed by atoms with van der Waals surface area (Å²) in [5.41, 5.74) is 1.52. The van der Waals surface area contributed by atoms with Crippen molar-refractivity contribution in [2.24, 2.45) is 0 Å². The molecule has 0 N–H and O–H groups in total. The lowest BCUT2D eigenvalue weighted by Gasteiger charge is -2.37. The maximum atomic E-state index is 12.6. The van der Waals surface area contributed by atoms with Crippen molar-refractivity contribution in [3.63, 3.8) is 0 Å². The van der Waals surface area contributed by atoms with Gasteiger partial charge in [0, 0.05) is 27.7 Å². The molecular weight excluding hydrogens is 462 g/mol. The van der Waals surface area contributed by atoms with Crippen LogP contribution >= 0.6 is 46.1 Å². The second kappa shape index (κ2) is 6.14. The average molecular weight is 475 g/mol. The number of rotatable bonds is 1. The summed E-state index contributed by atoms with van der Waals surface area (Å²) in [6.07, 6.45) is 0. The molecule has 24 heavy (non-hydrogen) atoms. The standard InChI is InChI=1S/C17H13Cl2IN2O2/c18-11-5-6-15-13(9-11)17(12-3-1-2-4-14(12)19)21(7-8-24-17)10-16(23)22(15)20/h1-6,9H,7-8,10H2. The Hall–Kier alpha value is -0.860. The van der Waals surface area contributed by atoms with Gasteiger partial charge in [0.25, 0.3) is 0 Å². The lowest BCUT2D eigenvalue weighted by Crippen LogP contribution is -2.45. The molecule has 0 saturated carbocycles. The zero-order valence-corrected chi connectivity index (χ0v) is 16.2. The second-order valence-corrected chi connectivity index (χ2v) is 7.54. The van der Waals surface area contributed by atoms with Gasteiger partial charge in [-0.15, -0.1) is 0 Å². The molecule has 7 heteroatoms. The molecule has 2 aliphatic rings. The third kappa shape index (κ3) is 2.37. The van der Waals surface area contributed by atoms with E-state index < -0.39 is 5.72 Å². The zero-order valence-electron chi connectivity index (χ0n) is 12.5. The molecule has 2 heterocycles. The van der Waals surface area contributed by atoms with E-state index in [0.29, 0.717) is 23.2 Å². The summed E-state index contributed by atoms with van der Waals surface area (Å²) in [6, 6.07) is 13.1. The quantitative estimate of drug-likeness (QED) is 0.458. The van der Waals surface area contributed by atoms with Gasteiger partial charge in [0.1, 0.15) is 0 Å². The predicted octanol–water partition coefficient (Wildman–Crippen LogP) is 4.22. The number of halogens is 3. The number of anilines is 1. The average Bonchev–Trinajstić information content (AvgIpc) is 2.95. The smallest absolute Gasteiger partial charge is 0.250 e. The van der Waals surface area contributed by atoms with E-state index in [4.69, 9.17) is 27.9 Å². The van der Waals surface area contributed by atoms with Crippen molar-refractivity contribution in [1.82, 2.24) is 4.90 Å². The maximum Gasteiger partial charge on any atom is 0.250 e. The van der Waals surface area contributed by atoms with Crippen molar-refractivity contribution in [2.45, 2.75) is 5.72 Å². The number of carbonyl (C=O) groups excluding carboxylic acids is 1. The maximum absolute atomic E-state index is 12.6. The van der Waals surface area contributed by atoms with E-state index in [2.05, 4.69) is 0 Å². The van der Waals surface area contributed by atoms with Gasteiger partial charge in [0.2, 0.25) is 5.91 Å². The SMILES string of the molecule is O=C1CN2CCOC2(c2ccccc2Cl)c2cc(Cl)ccc2N1I. The Morgan fingerprint density at radius 2 is 1.92 bits per heavy atom. The predicted molar refractivity (Wildman–Crippen MR) is 103 cm³/mol. The van der Waals surface area contributed by atoms with Crippen LogP contribution in [0, 0.1) is 0 Å². The fraction of sp³-hybridized carbons (Fsp3) is 0.235. The van der Waals surface area contributed by atoms with E-state index in [9.17, 15) is 4.79 Å². The molecule has 1 atom stereocenters. The molecule has 124 valence electrons. The van der Waals surface area contributed by atoms with E-state index in [1.54, 1.807) is 9.18 Å². The van der Waals surface area contributed by atoms with Gasteiger partial charge in [0.05, 0.1) is 41.7 Å². The van der Waals surface area contributed by atoms with Gasteiger partial charge < -0.3 is 4.74 Å². The van der Waals surface area contributed by atoms with Crippen LogP contribution in [0.2, 0.25) is 10.0 Å². The summed E-state index contributed by atoms with van der Waals surface area (Å²) in [7, 11) is 0. The van der Waals surface area contributed by atoms with Gasteiger partial charge in [-0.3, -0.25) is 12.8 Å². The van der Waals surface area contributed by atoms with Crippen LogP contribution in [-0.4, -0.2) is 30.5 Å². The first-order valence-electron chi connectivity index (χ1n) is 7.47. The Morgan fingerprint density at radius 3 is 2.71 bits per heavy atom. The first kappa shape index (κ1) is 16.6. The number of fused-ring (bicyclic) bond motifs is 3. The van der Waals surface area contributed by atoms with Gasteiger partial charge in [-0.2, -0.15) is 0 Å². The van der Waals surface area contributed by atoms with Crippen molar-refractivity contribution in [3.05, 3.63) is 63.6 Å². The summed E-state index contributed by atoms with van der Waals surface area (Å²) in [6.45, 7) is 1.42. The minimum absolute atomic E-state index is 0.00130. The number of benzene rings is 2. The minimum atomic E-state index is -0.909. The highest BCUT2D eigenvalue weighted by Gasteiger charge is 2.51. The van der Waals surface area contributed by atoms with Gasteiger partial charge >= 0.3 is 0 Å². The highest BCUT2D eigenvalue weighted by molar-refractivity contribution is 14.1. The summed E-state index contributed by atoms with van der Waals surface area (Å²) in [5, 5.41) is 1.19. The molecule has 0 bridgehead atoms. The molecule has 1 unspecified atom stereocenters. The minimum Gasteiger partial charge on any atom is -0.350 e. The topological polar surface area (TPSA) is 32.8 Å². The largest absolute Gasteiger partial charge is 0.350 e. The van der Waals surface area contributed by atoms with Crippen LogP contribution in [0.25, 0.3) is 0 Å². The molecule has 4 rings (SSSR count). The highest BCUT2D eigenvalue weighted by atomic mass is 127. The lowest BCUT2D eigenvalue weighted by atomic mass is 9.92. The molecule has 0 spiro atoms. The van der Waals surface area contributed by atoms with Crippen LogP contribution < -0.4 is 3.11 Å². The molecule has 2 aromatic carbocycles. The fourth-order valence-corrected chi connectivity index (χ4v) is 4.44. The Kier molecular flexibility index (Phi) is 4.25. The Bertz CT molecular complexity index is 832. The molecule has 0 aromatic heterocycles. The molecule has 2 aliphatic heterocycles. The van der Waals surface area contributed by atoms with E-state index in [1.165, 1.54) is 0 Å². The molecule has 4 nitrogen and oxygen atoms in total. The summed E-state index contributed by atoms with van der Waals surface area (Å²) >= 11 is 14.8. The van der Waals surface area contributed by atoms with Crippen molar-refractivity contribution in [3.8, 4) is 0 Å². The van der Waals surface area contributed by atoms with Gasteiger partial charge in [-0.25, -0.2) is 0 Å². The second-order valence-electron chi connectivity index (χ2n) is 5.73. The van der Waals surface area contributed by atoms with E-state index in [-0.39, 0.29) is 12.5 Å². The Labute approximate surface area is 163 Å². The van der Waals surface area contributed by atoms with E-state index >= 15 is 0 Å². The first-order valence-corrected chi connectivity index (χ1v) is 9.19. The van der Waals surface area contributed by atoms with Crippen LogP contribution in [0.5, 0.6) is 0 Å². The number of ether oxygens (including phenoxy) is 1. The molecule has 2 aromatic rings. The number of hydrogen-bond donors (Lipinski definition) is 0. The molecular formula is C17H13Cl2IN2O2. The Balaban J connectivity index is 2.06. The molecule has 1 saturated heterocycles. The van der Waals surface area contributed by atoms with Crippen molar-refractivity contribution >= 4 is 57.7 Å². The number of carbonyl (C=O) groups is 1. The van der Waals surface area contributed by atoms with E-state index in [1.807, 2.05) is 64.2 Å². The normalized spacial score (nSPS) is 23.8. The van der Waals surface area contributed by atoms with Gasteiger partial charge in [-0.1, -0.05) is 41.4 Å². The van der Waals surface area contributed by atoms with Crippen LogP contribution in [0.1, 0.15) is 11.1 Å². The summed E-state index contributed by atoms with van der Waals surface area (Å²) < 4.78 is 7.90. The number of nitrogens with zero attached hydrogens (tertiary/aromatic N) is 2. The first-order chi connectivity index (χ1) is 11.5. The molecule has 1 fully saturated rings. The van der Waals surface area contributed by atoms with E-state index in [0.717, 1.165) is 16.8 Å².